The molecule has 0 bridgehead atoms. The molecule has 0 spiro atoms. The first kappa shape index (κ1) is 13.1. The van der Waals surface area contributed by atoms with Crippen molar-refractivity contribution in [3.05, 3.63) is 46.3 Å². The number of halogens is 5. The summed E-state index contributed by atoms with van der Waals surface area (Å²) in [5, 5.41) is 0.0322. The highest BCUT2D eigenvalue weighted by molar-refractivity contribution is 6.30. The number of hydrogen-bond acceptors (Lipinski definition) is 2. The topological polar surface area (TPSA) is 25.8 Å². The van der Waals surface area contributed by atoms with Crippen LogP contribution in [0.25, 0.3) is 11.3 Å². The van der Waals surface area contributed by atoms with Crippen molar-refractivity contribution in [1.82, 2.24) is 9.97 Å². The summed E-state index contributed by atoms with van der Waals surface area (Å²) in [5.74, 6) is 0. The van der Waals surface area contributed by atoms with E-state index in [9.17, 15) is 13.2 Å². The van der Waals surface area contributed by atoms with E-state index in [2.05, 4.69) is 9.97 Å². The van der Waals surface area contributed by atoms with Crippen molar-refractivity contribution in [1.29, 1.82) is 0 Å². The number of alkyl halides is 3. The van der Waals surface area contributed by atoms with Crippen LogP contribution < -0.4 is 0 Å². The molecule has 0 aliphatic carbocycles. The van der Waals surface area contributed by atoms with Crippen LogP contribution in [0.3, 0.4) is 0 Å². The number of rotatable bonds is 1. The molecule has 0 fully saturated rings. The third-order valence-electron chi connectivity index (χ3n) is 2.13. The first-order chi connectivity index (χ1) is 8.36. The highest BCUT2D eigenvalue weighted by Crippen LogP contribution is 2.31. The van der Waals surface area contributed by atoms with Gasteiger partial charge in [0.2, 0.25) is 5.28 Å². The SMILES string of the molecule is FC(F)(F)c1cc(-c2ccc(Cl)cc2)nc(Cl)n1. The highest BCUT2D eigenvalue weighted by atomic mass is 35.5. The van der Waals surface area contributed by atoms with Crippen LogP contribution in [0.15, 0.2) is 30.3 Å². The van der Waals surface area contributed by atoms with Crippen LogP contribution in [0.2, 0.25) is 10.3 Å². The smallest absolute Gasteiger partial charge is 0.218 e. The predicted molar refractivity (Wildman–Crippen MR) is 62.5 cm³/mol. The average molecular weight is 293 g/mol. The molecule has 0 aliphatic heterocycles. The molecule has 1 heterocycles. The van der Waals surface area contributed by atoms with E-state index in [4.69, 9.17) is 23.2 Å². The second-order valence-electron chi connectivity index (χ2n) is 3.41. The van der Waals surface area contributed by atoms with Crippen LogP contribution in [0.4, 0.5) is 13.2 Å². The molecule has 2 nitrogen and oxygen atoms in total. The van der Waals surface area contributed by atoms with E-state index in [1.807, 2.05) is 0 Å². The van der Waals surface area contributed by atoms with Gasteiger partial charge in [0.15, 0.2) is 0 Å². The Morgan fingerprint density at radius 1 is 0.944 bits per heavy atom. The molecule has 0 N–H and O–H groups in total. The van der Waals surface area contributed by atoms with Gasteiger partial charge >= 0.3 is 6.18 Å². The molecule has 0 aliphatic rings. The fourth-order valence-corrected chi connectivity index (χ4v) is 1.64. The maximum Gasteiger partial charge on any atom is 0.433 e. The lowest BCUT2D eigenvalue weighted by Gasteiger charge is -2.08. The Labute approximate surface area is 110 Å². The highest BCUT2D eigenvalue weighted by Gasteiger charge is 2.33. The summed E-state index contributed by atoms with van der Waals surface area (Å²) in [6.45, 7) is 0. The first-order valence-electron chi connectivity index (χ1n) is 4.74. The summed E-state index contributed by atoms with van der Waals surface area (Å²) < 4.78 is 37.7. The van der Waals surface area contributed by atoms with Crippen molar-refractivity contribution in [2.75, 3.05) is 0 Å². The maximum atomic E-state index is 12.6. The van der Waals surface area contributed by atoms with E-state index in [1.165, 1.54) is 0 Å². The van der Waals surface area contributed by atoms with Gasteiger partial charge in [-0.1, -0.05) is 23.7 Å². The van der Waals surface area contributed by atoms with E-state index >= 15 is 0 Å². The maximum absolute atomic E-state index is 12.6. The fourth-order valence-electron chi connectivity index (χ4n) is 1.33. The molecular formula is C11H5Cl2F3N2. The molecule has 0 saturated heterocycles. The lowest BCUT2D eigenvalue weighted by Crippen LogP contribution is -2.09. The third kappa shape index (κ3) is 2.91. The van der Waals surface area contributed by atoms with Crippen molar-refractivity contribution < 1.29 is 13.2 Å². The molecule has 2 aromatic rings. The normalized spacial score (nSPS) is 11.6. The van der Waals surface area contributed by atoms with Crippen molar-refractivity contribution in [2.24, 2.45) is 0 Å². The average Bonchev–Trinajstić information content (AvgIpc) is 2.28. The zero-order valence-electron chi connectivity index (χ0n) is 8.67. The Bertz CT molecular complexity index is 567. The van der Waals surface area contributed by atoms with Gasteiger partial charge in [0.1, 0.15) is 5.69 Å². The summed E-state index contributed by atoms with van der Waals surface area (Å²) in [5.41, 5.74) is -0.499. The van der Waals surface area contributed by atoms with E-state index in [1.54, 1.807) is 24.3 Å². The Hall–Kier alpha value is -1.33. The van der Waals surface area contributed by atoms with Gasteiger partial charge in [0, 0.05) is 10.6 Å². The molecule has 1 aromatic carbocycles. The molecule has 0 unspecified atom stereocenters. The lowest BCUT2D eigenvalue weighted by molar-refractivity contribution is -0.141. The van der Waals surface area contributed by atoms with Crippen molar-refractivity contribution >= 4 is 23.2 Å². The second kappa shape index (κ2) is 4.74. The van der Waals surface area contributed by atoms with E-state index in [-0.39, 0.29) is 5.69 Å². The lowest BCUT2D eigenvalue weighted by atomic mass is 10.1. The quantitative estimate of drug-likeness (QED) is 0.725. The fraction of sp³-hybridized carbons (Fsp3) is 0.0909. The van der Waals surface area contributed by atoms with E-state index in [0.717, 1.165) is 6.07 Å². The summed E-state index contributed by atoms with van der Waals surface area (Å²) in [6, 6.07) is 7.07. The van der Waals surface area contributed by atoms with Gasteiger partial charge in [-0.2, -0.15) is 13.2 Å². The second-order valence-corrected chi connectivity index (χ2v) is 4.19. The molecule has 0 radical (unpaired) electrons. The van der Waals surface area contributed by atoms with Gasteiger partial charge in [-0.3, -0.25) is 0 Å². The molecular weight excluding hydrogens is 288 g/mol. The minimum absolute atomic E-state index is 0.0963. The van der Waals surface area contributed by atoms with Crippen LogP contribution in [0, 0.1) is 0 Å². The van der Waals surface area contributed by atoms with Gasteiger partial charge < -0.3 is 0 Å². The zero-order valence-corrected chi connectivity index (χ0v) is 10.2. The molecule has 1 aromatic heterocycles. The van der Waals surface area contributed by atoms with E-state index in [0.29, 0.717) is 10.6 Å². The molecule has 7 heteroatoms. The number of nitrogens with zero attached hydrogens (tertiary/aromatic N) is 2. The minimum Gasteiger partial charge on any atom is -0.218 e. The number of hydrogen-bond donors (Lipinski definition) is 0. The Morgan fingerprint density at radius 3 is 2.11 bits per heavy atom. The molecule has 18 heavy (non-hydrogen) atoms. The summed E-state index contributed by atoms with van der Waals surface area (Å²) >= 11 is 11.2. The Kier molecular flexibility index (Phi) is 3.45. The van der Waals surface area contributed by atoms with Gasteiger partial charge in [-0.05, 0) is 29.8 Å². The van der Waals surface area contributed by atoms with Crippen molar-refractivity contribution in [3.63, 3.8) is 0 Å². The van der Waals surface area contributed by atoms with Crippen LogP contribution >= 0.6 is 23.2 Å². The molecule has 0 atom stereocenters. The first-order valence-corrected chi connectivity index (χ1v) is 5.49. The van der Waals surface area contributed by atoms with Crippen molar-refractivity contribution in [3.8, 4) is 11.3 Å². The van der Waals surface area contributed by atoms with Gasteiger partial charge in [-0.25, -0.2) is 9.97 Å². The third-order valence-corrected chi connectivity index (χ3v) is 2.55. The summed E-state index contributed by atoms with van der Waals surface area (Å²) in [7, 11) is 0. The standard InChI is InChI=1S/C11H5Cl2F3N2/c12-7-3-1-6(2-4-7)8-5-9(11(14,15)16)18-10(13)17-8/h1-5H. The summed E-state index contributed by atoms with van der Waals surface area (Å²) in [6.07, 6.45) is -4.56. The van der Waals surface area contributed by atoms with Crippen LogP contribution in [0.5, 0.6) is 0 Å². The molecule has 94 valence electrons. The largest absolute Gasteiger partial charge is 0.433 e. The number of aromatic nitrogens is 2. The molecule has 0 amide bonds. The van der Waals surface area contributed by atoms with Crippen LogP contribution in [-0.2, 0) is 6.18 Å². The number of benzene rings is 1. The van der Waals surface area contributed by atoms with Crippen LogP contribution in [-0.4, -0.2) is 9.97 Å². The van der Waals surface area contributed by atoms with Gasteiger partial charge in [0.25, 0.3) is 0 Å². The molecule has 0 saturated carbocycles. The minimum atomic E-state index is -4.56. The predicted octanol–water partition coefficient (Wildman–Crippen LogP) is 4.47. The Balaban J connectivity index is 2.52. The van der Waals surface area contributed by atoms with Crippen LogP contribution in [0.1, 0.15) is 5.69 Å². The van der Waals surface area contributed by atoms with Gasteiger partial charge in [-0.15, -0.1) is 0 Å². The monoisotopic (exact) mass is 292 g/mol. The molecule has 2 rings (SSSR count). The van der Waals surface area contributed by atoms with Crippen molar-refractivity contribution in [2.45, 2.75) is 6.18 Å². The van der Waals surface area contributed by atoms with Gasteiger partial charge in [0.05, 0.1) is 5.69 Å². The zero-order chi connectivity index (χ0) is 13.3. The Morgan fingerprint density at radius 2 is 1.56 bits per heavy atom. The van der Waals surface area contributed by atoms with E-state index < -0.39 is 17.2 Å². The summed E-state index contributed by atoms with van der Waals surface area (Å²) in [4.78, 5) is 6.91.